The number of fused-ring (bicyclic) bond motifs is 2. The molecule has 164 valence electrons. The second kappa shape index (κ2) is 8.72. The van der Waals surface area contributed by atoms with Gasteiger partial charge >= 0.3 is 0 Å². The number of methoxy groups -OCH3 is 1. The topological polar surface area (TPSA) is 97.0 Å². The molecule has 9 heteroatoms. The number of halogens is 1. The maximum Gasteiger partial charge on any atom is 0.186 e. The van der Waals surface area contributed by atoms with Gasteiger partial charge in [-0.25, -0.2) is 8.42 Å². The zero-order chi connectivity index (χ0) is 22.8. The molecule has 0 radical (unpaired) electrons. The molecule has 0 atom stereocenters. The summed E-state index contributed by atoms with van der Waals surface area (Å²) in [5.41, 5.74) is 2.42. The number of aromatic nitrogens is 3. The highest BCUT2D eigenvalue weighted by Crippen LogP contribution is 2.36. The van der Waals surface area contributed by atoms with Gasteiger partial charge in [-0.3, -0.25) is 10.1 Å². The van der Waals surface area contributed by atoms with Crippen molar-refractivity contribution in [3.05, 3.63) is 53.8 Å². The third-order valence-corrected chi connectivity index (χ3v) is 7.64. The Bertz CT molecular complexity index is 1330. The predicted octanol–water partition coefficient (Wildman–Crippen LogP) is 5.07. The number of aromatic amines is 1. The maximum atomic E-state index is 12.8. The number of benzene rings is 2. The van der Waals surface area contributed by atoms with Gasteiger partial charge in [-0.1, -0.05) is 23.7 Å². The molecule has 0 aliphatic carbocycles. The standard InChI is InChI=1S/C15H20N2O3S.C7H5ClN2/c1-15(2,3)21(18,19)14-8-10-11(16-4)6-7-17-12(10)9-13(14)20-5;8-6-3-1-2-5-4-9-10-7(5)6/h6-9H,1-5H3,(H,16,17);1-4H,(H,9,10). The van der Waals surface area contributed by atoms with Gasteiger partial charge in [0, 0.05) is 35.8 Å². The van der Waals surface area contributed by atoms with E-state index in [4.69, 9.17) is 16.3 Å². The van der Waals surface area contributed by atoms with Gasteiger partial charge in [0.15, 0.2) is 9.84 Å². The van der Waals surface area contributed by atoms with E-state index in [1.807, 2.05) is 24.3 Å². The van der Waals surface area contributed by atoms with Crippen LogP contribution in [0.15, 0.2) is 53.7 Å². The van der Waals surface area contributed by atoms with Crippen LogP contribution in [-0.2, 0) is 9.84 Å². The fraction of sp³-hybridized carbons (Fsp3) is 0.273. The van der Waals surface area contributed by atoms with Crippen LogP contribution in [0, 0.1) is 0 Å². The third-order valence-electron chi connectivity index (χ3n) is 4.82. The Balaban J connectivity index is 0.000000225. The highest BCUT2D eigenvalue weighted by Gasteiger charge is 2.34. The van der Waals surface area contributed by atoms with Gasteiger partial charge in [0.05, 0.1) is 34.1 Å². The summed E-state index contributed by atoms with van der Waals surface area (Å²) in [4.78, 5) is 4.46. The molecule has 0 saturated heterocycles. The lowest BCUT2D eigenvalue weighted by atomic mass is 10.2. The summed E-state index contributed by atoms with van der Waals surface area (Å²) in [6.45, 7) is 5.02. The van der Waals surface area contributed by atoms with Crippen molar-refractivity contribution in [2.75, 3.05) is 19.5 Å². The van der Waals surface area contributed by atoms with E-state index < -0.39 is 14.6 Å². The van der Waals surface area contributed by atoms with Crippen molar-refractivity contribution in [1.82, 2.24) is 15.2 Å². The molecule has 4 rings (SSSR count). The number of nitrogens with zero attached hydrogens (tertiary/aromatic N) is 2. The predicted molar refractivity (Wildman–Crippen MR) is 126 cm³/mol. The Morgan fingerprint density at radius 2 is 1.90 bits per heavy atom. The smallest absolute Gasteiger partial charge is 0.186 e. The van der Waals surface area contributed by atoms with Gasteiger partial charge in [-0.05, 0) is 39.0 Å². The van der Waals surface area contributed by atoms with E-state index in [9.17, 15) is 8.42 Å². The van der Waals surface area contributed by atoms with Crippen molar-refractivity contribution in [2.45, 2.75) is 30.4 Å². The number of nitrogens with one attached hydrogen (secondary N) is 2. The lowest BCUT2D eigenvalue weighted by Gasteiger charge is -2.21. The minimum Gasteiger partial charge on any atom is -0.495 e. The number of hydrogen-bond donors (Lipinski definition) is 2. The molecule has 0 amide bonds. The summed E-state index contributed by atoms with van der Waals surface area (Å²) in [5.74, 6) is 0.318. The minimum absolute atomic E-state index is 0.189. The van der Waals surface area contributed by atoms with Crippen LogP contribution in [0.2, 0.25) is 5.02 Å². The van der Waals surface area contributed by atoms with E-state index in [2.05, 4.69) is 20.5 Å². The van der Waals surface area contributed by atoms with Gasteiger partial charge in [0.2, 0.25) is 0 Å². The lowest BCUT2D eigenvalue weighted by Crippen LogP contribution is -2.28. The van der Waals surface area contributed by atoms with E-state index in [1.54, 1.807) is 52.3 Å². The van der Waals surface area contributed by atoms with Crippen LogP contribution in [0.1, 0.15) is 20.8 Å². The molecule has 2 aromatic carbocycles. The highest BCUT2D eigenvalue weighted by atomic mass is 35.5. The second-order valence-corrected chi connectivity index (χ2v) is 10.9. The largest absolute Gasteiger partial charge is 0.495 e. The Hall–Kier alpha value is -2.84. The second-order valence-electron chi connectivity index (χ2n) is 7.82. The van der Waals surface area contributed by atoms with Crippen LogP contribution in [0.3, 0.4) is 0 Å². The Kier molecular flexibility index (Phi) is 6.43. The molecular weight excluding hydrogens is 436 g/mol. The number of sulfone groups is 1. The van der Waals surface area contributed by atoms with Crippen LogP contribution in [0.5, 0.6) is 5.75 Å². The number of rotatable bonds is 3. The maximum absolute atomic E-state index is 12.8. The fourth-order valence-electron chi connectivity index (χ4n) is 3.00. The molecule has 7 nitrogen and oxygen atoms in total. The van der Waals surface area contributed by atoms with Crippen LogP contribution in [-0.4, -0.2) is 42.5 Å². The molecule has 31 heavy (non-hydrogen) atoms. The number of para-hydroxylation sites is 1. The first-order valence-electron chi connectivity index (χ1n) is 9.57. The first kappa shape index (κ1) is 22.8. The summed E-state index contributed by atoms with van der Waals surface area (Å²) in [6, 6.07) is 10.8. The molecule has 2 heterocycles. The van der Waals surface area contributed by atoms with Crippen molar-refractivity contribution in [3.8, 4) is 5.75 Å². The average molecular weight is 461 g/mol. The van der Waals surface area contributed by atoms with Crippen molar-refractivity contribution >= 4 is 48.9 Å². The van der Waals surface area contributed by atoms with Crippen molar-refractivity contribution in [1.29, 1.82) is 0 Å². The summed E-state index contributed by atoms with van der Waals surface area (Å²) in [7, 11) is -0.264. The van der Waals surface area contributed by atoms with E-state index >= 15 is 0 Å². The zero-order valence-electron chi connectivity index (χ0n) is 18.0. The Morgan fingerprint density at radius 1 is 1.16 bits per heavy atom. The van der Waals surface area contributed by atoms with Crippen molar-refractivity contribution in [3.63, 3.8) is 0 Å². The van der Waals surface area contributed by atoms with Gasteiger partial charge in [-0.2, -0.15) is 5.10 Å². The summed E-state index contributed by atoms with van der Waals surface area (Å²) >= 11 is 5.83. The van der Waals surface area contributed by atoms with Gasteiger partial charge in [0.1, 0.15) is 10.6 Å². The van der Waals surface area contributed by atoms with Gasteiger partial charge in [0.25, 0.3) is 0 Å². The molecule has 0 aliphatic heterocycles. The number of hydrogen-bond acceptors (Lipinski definition) is 6. The number of anilines is 1. The summed E-state index contributed by atoms with van der Waals surface area (Å²) < 4.78 is 29.9. The molecule has 4 aromatic rings. The van der Waals surface area contributed by atoms with Crippen LogP contribution in [0.25, 0.3) is 21.8 Å². The van der Waals surface area contributed by atoms with E-state index in [0.717, 1.165) is 27.0 Å². The first-order chi connectivity index (χ1) is 14.6. The zero-order valence-corrected chi connectivity index (χ0v) is 19.6. The normalized spacial score (nSPS) is 11.8. The average Bonchev–Trinajstić information content (AvgIpc) is 3.22. The van der Waals surface area contributed by atoms with Crippen LogP contribution in [0.4, 0.5) is 5.69 Å². The Labute approximate surface area is 186 Å². The number of H-pyrrole nitrogens is 1. The molecule has 0 bridgehead atoms. The number of pyridine rings is 1. The molecule has 0 saturated carbocycles. The first-order valence-corrected chi connectivity index (χ1v) is 11.4. The van der Waals surface area contributed by atoms with E-state index in [-0.39, 0.29) is 4.90 Å². The third kappa shape index (κ3) is 4.45. The fourth-order valence-corrected chi connectivity index (χ4v) is 4.57. The monoisotopic (exact) mass is 460 g/mol. The van der Waals surface area contributed by atoms with Crippen molar-refractivity contribution < 1.29 is 13.2 Å². The molecule has 0 spiro atoms. The minimum atomic E-state index is -3.52. The van der Waals surface area contributed by atoms with Crippen LogP contribution < -0.4 is 10.1 Å². The summed E-state index contributed by atoms with van der Waals surface area (Å²) in [6.07, 6.45) is 3.42. The Morgan fingerprint density at radius 3 is 2.52 bits per heavy atom. The highest BCUT2D eigenvalue weighted by molar-refractivity contribution is 7.92. The van der Waals surface area contributed by atoms with E-state index in [1.165, 1.54) is 7.11 Å². The summed E-state index contributed by atoms with van der Waals surface area (Å²) in [5, 5.41) is 12.2. The quantitative estimate of drug-likeness (QED) is 0.442. The molecular formula is C22H25ClN4O3S. The molecule has 0 aliphatic rings. The van der Waals surface area contributed by atoms with E-state index in [0.29, 0.717) is 11.3 Å². The SMILES string of the molecule is CNc1ccnc2cc(OC)c(S(=O)(=O)C(C)(C)C)cc12.Clc1cccc2cn[nH]c12. The number of ether oxygens (including phenoxy) is 1. The van der Waals surface area contributed by atoms with Crippen LogP contribution >= 0.6 is 11.6 Å². The van der Waals surface area contributed by atoms with Gasteiger partial charge in [-0.15, -0.1) is 0 Å². The molecule has 0 fully saturated rings. The lowest BCUT2D eigenvalue weighted by molar-refractivity contribution is 0.402. The molecule has 2 N–H and O–H groups in total. The molecule has 2 aromatic heterocycles. The molecule has 0 unspecified atom stereocenters. The van der Waals surface area contributed by atoms with Gasteiger partial charge < -0.3 is 10.1 Å². The van der Waals surface area contributed by atoms with Crippen molar-refractivity contribution in [2.24, 2.45) is 0 Å².